The summed E-state index contributed by atoms with van der Waals surface area (Å²) in [6, 6.07) is 4.62. The van der Waals surface area contributed by atoms with Crippen molar-refractivity contribution in [2.24, 2.45) is 0 Å². The van der Waals surface area contributed by atoms with E-state index in [-0.39, 0.29) is 6.10 Å². The molecule has 0 unspecified atom stereocenters. The molecule has 1 N–H and O–H groups in total. The van der Waals surface area contributed by atoms with Gasteiger partial charge in [-0.2, -0.15) is 0 Å². The topological polar surface area (TPSA) is 30.5 Å². The third kappa shape index (κ3) is 3.39. The average Bonchev–Trinajstić information content (AvgIpc) is 3.12. The number of nitrogens with one attached hydrogen (secondary N) is 1. The second kappa shape index (κ2) is 5.93. The van der Waals surface area contributed by atoms with E-state index in [2.05, 4.69) is 21.2 Å². The van der Waals surface area contributed by atoms with Gasteiger partial charge in [-0.3, -0.25) is 0 Å². The first kappa shape index (κ1) is 13.7. The Kier molecular flexibility index (Phi) is 4.51. The minimum absolute atomic E-state index is 0.132. The minimum atomic E-state index is 0.132. The average molecular weight is 314 g/mol. The molecule has 0 radical (unpaired) electrons. The van der Waals surface area contributed by atoms with E-state index in [1.54, 1.807) is 7.11 Å². The van der Waals surface area contributed by atoms with Crippen LogP contribution < -0.4 is 14.8 Å². The number of methoxy groups -OCH3 is 1. The summed E-state index contributed by atoms with van der Waals surface area (Å²) in [5, 5.41) is 3.51. The molecule has 4 heteroatoms. The highest BCUT2D eigenvalue weighted by Crippen LogP contribution is 2.37. The predicted octanol–water partition coefficient (Wildman–Crippen LogP) is 3.50. The standard InChI is InChI=1S/C14H20BrNO2/c1-9(2)18-14-11(8-16-10-4-5-10)12(15)6-7-13(14)17-3/h6-7,9-10,16H,4-5,8H2,1-3H3. The largest absolute Gasteiger partial charge is 0.493 e. The molecule has 0 heterocycles. The van der Waals surface area contributed by atoms with E-state index in [9.17, 15) is 0 Å². The Bertz CT molecular complexity index is 417. The molecule has 3 nitrogen and oxygen atoms in total. The highest BCUT2D eigenvalue weighted by molar-refractivity contribution is 9.10. The van der Waals surface area contributed by atoms with Gasteiger partial charge >= 0.3 is 0 Å². The molecular formula is C14H20BrNO2. The molecular weight excluding hydrogens is 294 g/mol. The van der Waals surface area contributed by atoms with E-state index in [4.69, 9.17) is 9.47 Å². The van der Waals surface area contributed by atoms with Crippen molar-refractivity contribution in [2.45, 2.75) is 45.4 Å². The molecule has 100 valence electrons. The number of halogens is 1. The van der Waals surface area contributed by atoms with Gasteiger partial charge in [0.05, 0.1) is 13.2 Å². The van der Waals surface area contributed by atoms with Crippen LogP contribution in [0.15, 0.2) is 16.6 Å². The third-order valence-electron chi connectivity index (χ3n) is 2.89. The summed E-state index contributed by atoms with van der Waals surface area (Å²) in [4.78, 5) is 0. The highest BCUT2D eigenvalue weighted by Gasteiger charge is 2.22. The van der Waals surface area contributed by atoms with Gasteiger partial charge < -0.3 is 14.8 Å². The molecule has 1 aliphatic carbocycles. The molecule has 1 aromatic carbocycles. The molecule has 1 saturated carbocycles. The van der Waals surface area contributed by atoms with Crippen molar-refractivity contribution in [1.29, 1.82) is 0 Å². The zero-order chi connectivity index (χ0) is 13.1. The van der Waals surface area contributed by atoms with E-state index >= 15 is 0 Å². The van der Waals surface area contributed by atoms with Crippen molar-refractivity contribution in [3.05, 3.63) is 22.2 Å². The Morgan fingerprint density at radius 1 is 1.39 bits per heavy atom. The molecule has 0 atom stereocenters. The molecule has 1 fully saturated rings. The smallest absolute Gasteiger partial charge is 0.167 e. The monoisotopic (exact) mass is 313 g/mol. The fourth-order valence-electron chi connectivity index (χ4n) is 1.81. The normalized spacial score (nSPS) is 14.9. The van der Waals surface area contributed by atoms with Crippen LogP contribution in [0.2, 0.25) is 0 Å². The van der Waals surface area contributed by atoms with Gasteiger partial charge in [0.1, 0.15) is 0 Å². The van der Waals surface area contributed by atoms with Crippen LogP contribution in [0.25, 0.3) is 0 Å². The zero-order valence-corrected chi connectivity index (χ0v) is 12.7. The van der Waals surface area contributed by atoms with Gasteiger partial charge in [0.15, 0.2) is 11.5 Å². The van der Waals surface area contributed by atoms with Gasteiger partial charge in [0.25, 0.3) is 0 Å². The summed E-state index contributed by atoms with van der Waals surface area (Å²) in [6.45, 7) is 4.86. The summed E-state index contributed by atoms with van der Waals surface area (Å²) < 4.78 is 12.4. The quantitative estimate of drug-likeness (QED) is 0.872. The van der Waals surface area contributed by atoms with Crippen molar-refractivity contribution >= 4 is 15.9 Å². The fourth-order valence-corrected chi connectivity index (χ4v) is 2.26. The maximum Gasteiger partial charge on any atom is 0.167 e. The molecule has 1 aliphatic rings. The van der Waals surface area contributed by atoms with Crippen LogP contribution in [0, 0.1) is 0 Å². The van der Waals surface area contributed by atoms with Crippen molar-refractivity contribution in [1.82, 2.24) is 5.32 Å². The Balaban J connectivity index is 2.25. The zero-order valence-electron chi connectivity index (χ0n) is 11.1. The second-order valence-corrected chi connectivity index (χ2v) is 5.73. The summed E-state index contributed by atoms with van der Waals surface area (Å²) in [7, 11) is 1.68. The molecule has 0 aliphatic heterocycles. The Morgan fingerprint density at radius 3 is 2.67 bits per heavy atom. The maximum absolute atomic E-state index is 5.91. The van der Waals surface area contributed by atoms with Crippen LogP contribution in [-0.4, -0.2) is 19.3 Å². The highest BCUT2D eigenvalue weighted by atomic mass is 79.9. The van der Waals surface area contributed by atoms with Crippen LogP contribution in [0.1, 0.15) is 32.3 Å². The van der Waals surface area contributed by atoms with Gasteiger partial charge in [-0.15, -0.1) is 0 Å². The number of benzene rings is 1. The summed E-state index contributed by atoms with van der Waals surface area (Å²) in [5.74, 6) is 1.63. The van der Waals surface area contributed by atoms with Crippen LogP contribution in [0.4, 0.5) is 0 Å². The third-order valence-corrected chi connectivity index (χ3v) is 3.63. The summed E-state index contributed by atoms with van der Waals surface area (Å²) in [5.41, 5.74) is 1.13. The first-order valence-electron chi connectivity index (χ1n) is 6.37. The van der Waals surface area contributed by atoms with Gasteiger partial charge in [-0.05, 0) is 38.8 Å². The van der Waals surface area contributed by atoms with Crippen LogP contribution >= 0.6 is 15.9 Å². The van der Waals surface area contributed by atoms with E-state index in [1.807, 2.05) is 26.0 Å². The number of rotatable bonds is 6. The molecule has 0 amide bonds. The maximum atomic E-state index is 5.91. The van der Waals surface area contributed by atoms with E-state index in [0.29, 0.717) is 6.04 Å². The Morgan fingerprint density at radius 2 is 2.11 bits per heavy atom. The molecule has 0 bridgehead atoms. The molecule has 0 aromatic heterocycles. The van der Waals surface area contributed by atoms with Gasteiger partial charge in [0, 0.05) is 22.6 Å². The molecule has 1 aromatic rings. The van der Waals surface area contributed by atoms with Crippen molar-refractivity contribution in [3.63, 3.8) is 0 Å². The van der Waals surface area contributed by atoms with Crippen molar-refractivity contribution in [2.75, 3.05) is 7.11 Å². The van der Waals surface area contributed by atoms with Crippen LogP contribution in [0.5, 0.6) is 11.5 Å². The number of hydrogen-bond donors (Lipinski definition) is 1. The SMILES string of the molecule is COc1ccc(Br)c(CNC2CC2)c1OC(C)C. The minimum Gasteiger partial charge on any atom is -0.493 e. The number of ether oxygens (including phenoxy) is 2. The van der Waals surface area contributed by atoms with E-state index < -0.39 is 0 Å². The van der Waals surface area contributed by atoms with Crippen LogP contribution in [0.3, 0.4) is 0 Å². The molecule has 18 heavy (non-hydrogen) atoms. The Labute approximate surface area is 117 Å². The first-order chi connectivity index (χ1) is 8.61. The van der Waals surface area contributed by atoms with E-state index in [1.165, 1.54) is 12.8 Å². The van der Waals surface area contributed by atoms with Gasteiger partial charge in [-0.25, -0.2) is 0 Å². The predicted molar refractivity (Wildman–Crippen MR) is 76.3 cm³/mol. The lowest BCUT2D eigenvalue weighted by molar-refractivity contribution is 0.227. The lowest BCUT2D eigenvalue weighted by atomic mass is 10.1. The first-order valence-corrected chi connectivity index (χ1v) is 7.16. The number of hydrogen-bond acceptors (Lipinski definition) is 3. The Hall–Kier alpha value is -0.740. The van der Waals surface area contributed by atoms with Crippen molar-refractivity contribution < 1.29 is 9.47 Å². The molecule has 0 saturated heterocycles. The fraction of sp³-hybridized carbons (Fsp3) is 0.571. The molecule has 0 spiro atoms. The second-order valence-electron chi connectivity index (χ2n) is 4.88. The molecule has 2 rings (SSSR count). The summed E-state index contributed by atoms with van der Waals surface area (Å²) in [6.07, 6.45) is 2.69. The van der Waals surface area contributed by atoms with Gasteiger partial charge in [0.2, 0.25) is 0 Å². The van der Waals surface area contributed by atoms with Gasteiger partial charge in [-0.1, -0.05) is 15.9 Å². The summed E-state index contributed by atoms with van der Waals surface area (Å²) >= 11 is 3.60. The van der Waals surface area contributed by atoms with Crippen molar-refractivity contribution in [3.8, 4) is 11.5 Å². The lowest BCUT2D eigenvalue weighted by Crippen LogP contribution is -2.18. The lowest BCUT2D eigenvalue weighted by Gasteiger charge is -2.19. The van der Waals surface area contributed by atoms with E-state index in [0.717, 1.165) is 28.1 Å². The van der Waals surface area contributed by atoms with Crippen LogP contribution in [-0.2, 0) is 6.54 Å².